The van der Waals surface area contributed by atoms with Gasteiger partial charge in [-0.3, -0.25) is 5.10 Å². The first-order valence-electron chi connectivity index (χ1n) is 4.61. The smallest absolute Gasteiger partial charge is 0.134 e. The molecule has 0 aliphatic heterocycles. The number of H-pyrrole nitrogens is 1. The van der Waals surface area contributed by atoms with E-state index in [9.17, 15) is 0 Å². The zero-order chi connectivity index (χ0) is 10.3. The lowest BCUT2D eigenvalue weighted by Gasteiger charge is -1.98. The fourth-order valence-electron chi connectivity index (χ4n) is 1.65. The van der Waals surface area contributed by atoms with Gasteiger partial charge in [-0.2, -0.15) is 5.10 Å². The summed E-state index contributed by atoms with van der Waals surface area (Å²) in [7, 11) is 0. The van der Waals surface area contributed by atoms with Crippen LogP contribution < -0.4 is 5.73 Å². The third-order valence-corrected chi connectivity index (χ3v) is 2.44. The fourth-order valence-corrected chi connectivity index (χ4v) is 1.65. The maximum absolute atomic E-state index is 5.74. The third-order valence-electron chi connectivity index (χ3n) is 2.44. The molecule has 0 fully saturated rings. The predicted molar refractivity (Wildman–Crippen MR) is 58.2 cm³/mol. The minimum atomic E-state index is 0.570. The molecule has 0 radical (unpaired) electrons. The highest BCUT2D eigenvalue weighted by Gasteiger charge is 2.06. The second kappa shape index (κ2) is 2.88. The van der Waals surface area contributed by atoms with Crippen LogP contribution in [-0.4, -0.2) is 10.2 Å². The quantitative estimate of drug-likeness (QED) is 0.632. The zero-order valence-corrected chi connectivity index (χ0v) is 7.90. The van der Waals surface area contributed by atoms with Gasteiger partial charge in [0.05, 0.1) is 12.5 Å². The van der Waals surface area contributed by atoms with Crippen molar-refractivity contribution in [2.24, 2.45) is 0 Å². The standard InChI is InChI=1S/C11H9N3O/c12-11-9(6-13-14-11)8-2-1-7-3-4-15-10(7)5-8/h1-6H,(H3,12,13,14). The number of hydrogen-bond donors (Lipinski definition) is 2. The van der Waals surface area contributed by atoms with Crippen molar-refractivity contribution in [3.8, 4) is 11.1 Å². The number of furan rings is 1. The number of aromatic nitrogens is 2. The molecule has 0 amide bonds. The van der Waals surface area contributed by atoms with Gasteiger partial charge in [0.2, 0.25) is 0 Å². The van der Waals surface area contributed by atoms with Gasteiger partial charge in [-0.1, -0.05) is 12.1 Å². The van der Waals surface area contributed by atoms with Gasteiger partial charge in [0.1, 0.15) is 11.4 Å². The van der Waals surface area contributed by atoms with E-state index in [0.29, 0.717) is 5.82 Å². The highest BCUT2D eigenvalue weighted by atomic mass is 16.3. The second-order valence-electron chi connectivity index (χ2n) is 3.37. The normalized spacial score (nSPS) is 10.9. The van der Waals surface area contributed by atoms with Crippen molar-refractivity contribution < 1.29 is 4.42 Å². The molecular weight excluding hydrogens is 190 g/mol. The molecule has 0 spiro atoms. The summed E-state index contributed by atoms with van der Waals surface area (Å²) < 4.78 is 5.33. The number of hydrogen-bond acceptors (Lipinski definition) is 3. The van der Waals surface area contributed by atoms with Crippen molar-refractivity contribution in [3.05, 3.63) is 36.7 Å². The molecular formula is C11H9N3O. The van der Waals surface area contributed by atoms with E-state index in [2.05, 4.69) is 10.2 Å². The van der Waals surface area contributed by atoms with Gasteiger partial charge in [0.25, 0.3) is 0 Å². The molecule has 15 heavy (non-hydrogen) atoms. The Morgan fingerprint density at radius 3 is 3.00 bits per heavy atom. The van der Waals surface area contributed by atoms with E-state index in [1.165, 1.54) is 0 Å². The number of anilines is 1. The minimum Gasteiger partial charge on any atom is -0.464 e. The molecule has 0 bridgehead atoms. The summed E-state index contributed by atoms with van der Waals surface area (Å²) in [5.74, 6) is 0.570. The molecule has 3 rings (SSSR count). The summed E-state index contributed by atoms with van der Waals surface area (Å²) in [5.41, 5.74) is 8.50. The second-order valence-corrected chi connectivity index (χ2v) is 3.37. The van der Waals surface area contributed by atoms with Crippen LogP contribution in [-0.2, 0) is 0 Å². The molecule has 4 nitrogen and oxygen atoms in total. The molecule has 0 atom stereocenters. The van der Waals surface area contributed by atoms with Crippen LogP contribution in [0, 0.1) is 0 Å². The number of nitrogens with two attached hydrogens (primary N) is 1. The molecule has 0 saturated carbocycles. The van der Waals surface area contributed by atoms with Crippen LogP contribution in [0.15, 0.2) is 41.1 Å². The Morgan fingerprint density at radius 2 is 2.20 bits per heavy atom. The average molecular weight is 199 g/mol. The van der Waals surface area contributed by atoms with Crippen LogP contribution in [0.3, 0.4) is 0 Å². The summed E-state index contributed by atoms with van der Waals surface area (Å²) in [5, 5.41) is 7.68. The SMILES string of the molecule is Nc1[nH]ncc1-c1ccc2ccoc2c1. The van der Waals surface area contributed by atoms with Crippen molar-refractivity contribution >= 4 is 16.8 Å². The van der Waals surface area contributed by atoms with E-state index in [1.54, 1.807) is 12.5 Å². The summed E-state index contributed by atoms with van der Waals surface area (Å²) >= 11 is 0. The molecule has 0 aliphatic carbocycles. The number of nitrogen functional groups attached to an aromatic ring is 1. The highest BCUT2D eigenvalue weighted by Crippen LogP contribution is 2.27. The van der Waals surface area contributed by atoms with E-state index in [1.807, 2.05) is 24.3 Å². The third kappa shape index (κ3) is 1.19. The van der Waals surface area contributed by atoms with Crippen LogP contribution in [0.1, 0.15) is 0 Å². The van der Waals surface area contributed by atoms with Gasteiger partial charge in [-0.05, 0) is 17.7 Å². The van der Waals surface area contributed by atoms with Crippen molar-refractivity contribution in [3.63, 3.8) is 0 Å². The maximum atomic E-state index is 5.74. The minimum absolute atomic E-state index is 0.570. The molecule has 3 aromatic rings. The molecule has 1 aromatic carbocycles. The zero-order valence-electron chi connectivity index (χ0n) is 7.90. The first-order valence-corrected chi connectivity index (χ1v) is 4.61. The summed E-state index contributed by atoms with van der Waals surface area (Å²) in [4.78, 5) is 0. The Bertz CT molecular complexity index is 609. The molecule has 0 saturated heterocycles. The van der Waals surface area contributed by atoms with Gasteiger partial charge in [-0.15, -0.1) is 0 Å². The number of rotatable bonds is 1. The summed E-state index contributed by atoms with van der Waals surface area (Å²) in [6.45, 7) is 0. The highest BCUT2D eigenvalue weighted by molar-refractivity contribution is 5.85. The monoisotopic (exact) mass is 199 g/mol. The molecule has 2 aromatic heterocycles. The maximum Gasteiger partial charge on any atom is 0.134 e. The van der Waals surface area contributed by atoms with Crippen LogP contribution in [0.4, 0.5) is 5.82 Å². The fraction of sp³-hybridized carbons (Fsp3) is 0. The Morgan fingerprint density at radius 1 is 1.27 bits per heavy atom. The number of nitrogens with one attached hydrogen (secondary N) is 1. The lowest BCUT2D eigenvalue weighted by atomic mass is 10.1. The van der Waals surface area contributed by atoms with Gasteiger partial charge in [0, 0.05) is 10.9 Å². The molecule has 0 aliphatic rings. The van der Waals surface area contributed by atoms with Crippen molar-refractivity contribution in [1.29, 1.82) is 0 Å². The van der Waals surface area contributed by atoms with Gasteiger partial charge >= 0.3 is 0 Å². The Balaban J connectivity index is 2.23. The van der Waals surface area contributed by atoms with Crippen molar-refractivity contribution in [2.75, 3.05) is 5.73 Å². The summed E-state index contributed by atoms with van der Waals surface area (Å²) in [6.07, 6.45) is 3.38. The van der Waals surface area contributed by atoms with Crippen LogP contribution >= 0.6 is 0 Å². The van der Waals surface area contributed by atoms with E-state index in [4.69, 9.17) is 10.2 Å². The summed E-state index contributed by atoms with van der Waals surface area (Å²) in [6, 6.07) is 7.88. The molecule has 0 unspecified atom stereocenters. The van der Waals surface area contributed by atoms with E-state index < -0.39 is 0 Å². The number of benzene rings is 1. The van der Waals surface area contributed by atoms with Gasteiger partial charge in [-0.25, -0.2) is 0 Å². The number of fused-ring (bicyclic) bond motifs is 1. The van der Waals surface area contributed by atoms with Crippen molar-refractivity contribution in [2.45, 2.75) is 0 Å². The van der Waals surface area contributed by atoms with E-state index in [-0.39, 0.29) is 0 Å². The van der Waals surface area contributed by atoms with Gasteiger partial charge < -0.3 is 10.2 Å². The Labute approximate surface area is 85.7 Å². The number of aromatic amines is 1. The topological polar surface area (TPSA) is 67.8 Å². The van der Waals surface area contributed by atoms with Gasteiger partial charge in [0.15, 0.2) is 0 Å². The molecule has 2 heterocycles. The van der Waals surface area contributed by atoms with Crippen LogP contribution in [0.2, 0.25) is 0 Å². The lowest BCUT2D eigenvalue weighted by molar-refractivity contribution is 0.616. The lowest BCUT2D eigenvalue weighted by Crippen LogP contribution is -1.87. The first kappa shape index (κ1) is 8.11. The molecule has 4 heteroatoms. The average Bonchev–Trinajstić information content (AvgIpc) is 2.84. The van der Waals surface area contributed by atoms with E-state index >= 15 is 0 Å². The largest absolute Gasteiger partial charge is 0.464 e. The van der Waals surface area contributed by atoms with Crippen molar-refractivity contribution in [1.82, 2.24) is 10.2 Å². The molecule has 3 N–H and O–H groups in total. The number of nitrogens with zero attached hydrogens (tertiary/aromatic N) is 1. The Kier molecular flexibility index (Phi) is 1.56. The first-order chi connectivity index (χ1) is 7.34. The van der Waals surface area contributed by atoms with Crippen LogP contribution in [0.25, 0.3) is 22.1 Å². The van der Waals surface area contributed by atoms with E-state index in [0.717, 1.165) is 22.1 Å². The predicted octanol–water partition coefficient (Wildman–Crippen LogP) is 2.41. The van der Waals surface area contributed by atoms with Crippen LogP contribution in [0.5, 0.6) is 0 Å². The Hall–Kier alpha value is -2.23. The molecule has 74 valence electrons.